The first-order valence-electron chi connectivity index (χ1n) is 21.6. The van der Waals surface area contributed by atoms with Gasteiger partial charge < -0.3 is 39.6 Å². The van der Waals surface area contributed by atoms with Crippen molar-refractivity contribution < 1.29 is 25.2 Å². The lowest BCUT2D eigenvalue weighted by Crippen LogP contribution is -2.09. The van der Waals surface area contributed by atoms with Crippen LogP contribution in [0.2, 0.25) is 0 Å². The van der Waals surface area contributed by atoms with Crippen molar-refractivity contribution in [3.8, 4) is 45.8 Å². The SMILES string of the molecule is C=C(C)c1cc(CC)c(O)cc1O.CC.CCC(C)n1ccc2c(-n3c(-c4cc(C(C)C)c(O)cc4O)n[nH]c3=S)ccc(OC)c21.CNC(C)=S.Cc1ccc2c(c1)c(C)cn2C. The number of allylic oxidation sites excluding steroid dienone is 1. The molecule has 0 saturated carbocycles. The summed E-state index contributed by atoms with van der Waals surface area (Å²) in [6, 6.07) is 19.0. The minimum Gasteiger partial charge on any atom is -0.508 e. The largest absolute Gasteiger partial charge is 0.508 e. The van der Waals surface area contributed by atoms with Gasteiger partial charge in [0.05, 0.1) is 28.9 Å². The van der Waals surface area contributed by atoms with E-state index in [2.05, 4.69) is 109 Å². The van der Waals surface area contributed by atoms with Crippen molar-refractivity contribution in [2.45, 2.75) is 101 Å². The van der Waals surface area contributed by atoms with E-state index in [0.29, 0.717) is 27.8 Å². The number of methoxy groups -OCH3 is 1. The van der Waals surface area contributed by atoms with Gasteiger partial charge in [0.25, 0.3) is 0 Å². The highest BCUT2D eigenvalue weighted by molar-refractivity contribution is 7.80. The van der Waals surface area contributed by atoms with E-state index >= 15 is 0 Å². The van der Waals surface area contributed by atoms with Crippen LogP contribution >= 0.6 is 24.4 Å². The van der Waals surface area contributed by atoms with Crippen LogP contribution in [0.3, 0.4) is 0 Å². The van der Waals surface area contributed by atoms with Crippen molar-refractivity contribution in [3.05, 3.63) is 112 Å². The predicted octanol–water partition coefficient (Wildman–Crippen LogP) is 13.1. The summed E-state index contributed by atoms with van der Waals surface area (Å²) in [4.78, 5) is 0.838. The summed E-state index contributed by atoms with van der Waals surface area (Å²) in [5, 5.41) is 52.2. The molecule has 11 nitrogen and oxygen atoms in total. The molecule has 1 unspecified atom stereocenters. The minimum absolute atomic E-state index is 0.0550. The number of aryl methyl sites for hydroxylation is 4. The first-order valence-corrected chi connectivity index (χ1v) is 22.4. The van der Waals surface area contributed by atoms with Crippen LogP contribution in [0.1, 0.15) is 109 Å². The Balaban J connectivity index is 0.000000278. The molecule has 64 heavy (non-hydrogen) atoms. The average molecular weight is 909 g/mol. The number of benzene rings is 4. The molecule has 7 aromatic rings. The van der Waals surface area contributed by atoms with Crippen LogP contribution in [0, 0.1) is 18.6 Å². The quantitative estimate of drug-likeness (QED) is 0.0821. The highest BCUT2D eigenvalue weighted by Crippen LogP contribution is 2.40. The zero-order valence-electron chi connectivity index (χ0n) is 40.0. The number of aromatic amines is 1. The van der Waals surface area contributed by atoms with Crippen LogP contribution in [0.25, 0.3) is 44.5 Å². The van der Waals surface area contributed by atoms with Crippen LogP contribution in [-0.4, -0.2) is 63.5 Å². The number of aromatic hydroxyl groups is 4. The normalized spacial score (nSPS) is 11.0. The number of phenolic OH excluding ortho intramolecular Hbond substituents is 4. The van der Waals surface area contributed by atoms with Gasteiger partial charge in [0.15, 0.2) is 10.6 Å². The average Bonchev–Trinajstić information content (AvgIpc) is 3.96. The standard InChI is InChI=1S/C24H28N4O3S.C11H13N.C11H14O2.C3H7NS.C2H6/c1-6-14(4)27-10-9-15-18(7-8-21(31-5)22(15)27)28-23(25-26-24(28)32)17-11-16(13(2)3)19(29)12-20(17)30;1-8-4-5-11-10(6-8)9(2)7-12(11)3;1-4-8-5-9(7(2)3)11(13)6-10(8)12;1-3(5)4-2;1-2/h7-14,29-30H,6H2,1-5H3,(H,26,32);4-7H,1-3H3;5-6,12-13H,2,4H2,1,3H3;1-2H3,(H,4,5);1-2H3. The molecular formula is C51H68N6O5S2. The summed E-state index contributed by atoms with van der Waals surface area (Å²) in [6.45, 7) is 25.9. The van der Waals surface area contributed by atoms with Gasteiger partial charge in [-0.05, 0) is 130 Å². The number of ether oxygens (including phenoxy) is 1. The summed E-state index contributed by atoms with van der Waals surface area (Å²) >= 11 is 10.2. The number of hydrogen-bond acceptors (Lipinski definition) is 8. The molecule has 0 bridgehead atoms. The Hall–Kier alpha value is -6.05. The second-order valence-corrected chi connectivity index (χ2v) is 16.7. The monoisotopic (exact) mass is 908 g/mol. The summed E-state index contributed by atoms with van der Waals surface area (Å²) in [7, 11) is 5.56. The van der Waals surface area contributed by atoms with Crippen molar-refractivity contribution in [1.29, 1.82) is 0 Å². The van der Waals surface area contributed by atoms with E-state index in [-0.39, 0.29) is 28.9 Å². The fraction of sp³-hybridized carbons (Fsp3) is 0.353. The third-order valence-electron chi connectivity index (χ3n) is 10.8. The molecule has 3 heterocycles. The van der Waals surface area contributed by atoms with E-state index < -0.39 is 0 Å². The van der Waals surface area contributed by atoms with Gasteiger partial charge in [-0.1, -0.05) is 72.0 Å². The van der Waals surface area contributed by atoms with E-state index in [1.807, 2.05) is 78.3 Å². The first-order chi connectivity index (χ1) is 30.3. The summed E-state index contributed by atoms with van der Waals surface area (Å²) < 4.78 is 12.3. The van der Waals surface area contributed by atoms with Gasteiger partial charge in [-0.15, -0.1) is 0 Å². The number of thiocarbonyl (C=S) groups is 1. The Bertz CT molecular complexity index is 2760. The Labute approximate surface area is 389 Å². The lowest BCUT2D eigenvalue weighted by molar-refractivity contribution is 0.415. The number of rotatable bonds is 8. The molecule has 0 radical (unpaired) electrons. The van der Waals surface area contributed by atoms with Gasteiger partial charge >= 0.3 is 0 Å². The van der Waals surface area contributed by atoms with E-state index in [9.17, 15) is 20.4 Å². The maximum Gasteiger partial charge on any atom is 0.200 e. The molecule has 0 saturated heterocycles. The van der Waals surface area contributed by atoms with Crippen molar-refractivity contribution >= 4 is 56.8 Å². The molecule has 0 aliphatic carbocycles. The van der Waals surface area contributed by atoms with E-state index in [1.54, 1.807) is 19.2 Å². The van der Waals surface area contributed by atoms with Crippen LogP contribution in [0.15, 0.2) is 79.6 Å². The third-order valence-corrected chi connectivity index (χ3v) is 11.2. The molecule has 0 fully saturated rings. The molecule has 0 spiro atoms. The molecule has 0 aliphatic rings. The molecular weight excluding hydrogens is 841 g/mol. The summed E-state index contributed by atoms with van der Waals surface area (Å²) in [5.74, 6) is 1.54. The Kier molecular flexibility index (Phi) is 19.3. The zero-order chi connectivity index (χ0) is 48.2. The smallest absolute Gasteiger partial charge is 0.200 e. The third kappa shape index (κ3) is 12.1. The molecule has 6 N–H and O–H groups in total. The molecule has 0 aliphatic heterocycles. The maximum atomic E-state index is 10.7. The van der Waals surface area contributed by atoms with E-state index in [1.165, 1.54) is 34.2 Å². The van der Waals surface area contributed by atoms with Gasteiger partial charge in [-0.2, -0.15) is 5.10 Å². The first kappa shape index (κ1) is 52.3. The van der Waals surface area contributed by atoms with Gasteiger partial charge in [-0.3, -0.25) is 9.67 Å². The minimum atomic E-state index is -0.0657. The van der Waals surface area contributed by atoms with Gasteiger partial charge in [0.2, 0.25) is 0 Å². The number of H-pyrrole nitrogens is 1. The molecule has 4 aromatic carbocycles. The lowest BCUT2D eigenvalue weighted by Gasteiger charge is -2.17. The number of phenols is 4. The molecule has 3 aromatic heterocycles. The highest BCUT2D eigenvalue weighted by atomic mass is 32.1. The van der Waals surface area contributed by atoms with Crippen LogP contribution in [-0.2, 0) is 13.5 Å². The lowest BCUT2D eigenvalue weighted by atomic mass is 9.98. The van der Waals surface area contributed by atoms with Gasteiger partial charge in [-0.25, -0.2) is 0 Å². The number of nitrogens with zero attached hydrogens (tertiary/aromatic N) is 4. The molecule has 344 valence electrons. The van der Waals surface area contributed by atoms with Crippen molar-refractivity contribution in [2.75, 3.05) is 14.2 Å². The van der Waals surface area contributed by atoms with Crippen LogP contribution < -0.4 is 10.1 Å². The Morgan fingerprint density at radius 3 is 2.09 bits per heavy atom. The maximum absolute atomic E-state index is 10.7. The second-order valence-electron chi connectivity index (χ2n) is 15.7. The molecule has 7 rings (SSSR count). The fourth-order valence-electron chi connectivity index (χ4n) is 7.05. The predicted molar refractivity (Wildman–Crippen MR) is 274 cm³/mol. The van der Waals surface area contributed by atoms with Gasteiger partial charge in [0, 0.05) is 66.5 Å². The topological polar surface area (TPSA) is 146 Å². The zero-order valence-corrected chi connectivity index (χ0v) is 41.6. The molecule has 13 heteroatoms. The number of aromatic nitrogens is 5. The van der Waals surface area contributed by atoms with Gasteiger partial charge in [0.1, 0.15) is 28.7 Å². The number of fused-ring (bicyclic) bond motifs is 2. The van der Waals surface area contributed by atoms with Crippen molar-refractivity contribution in [2.24, 2.45) is 7.05 Å². The summed E-state index contributed by atoms with van der Waals surface area (Å²) in [5.41, 5.74) is 9.36. The number of nitrogens with one attached hydrogen (secondary N) is 2. The molecule has 0 amide bonds. The van der Waals surface area contributed by atoms with E-state index in [0.717, 1.165) is 56.9 Å². The van der Waals surface area contributed by atoms with Crippen LogP contribution in [0.4, 0.5) is 0 Å². The fourth-order valence-corrected chi connectivity index (χ4v) is 7.28. The number of hydrogen-bond donors (Lipinski definition) is 6. The summed E-state index contributed by atoms with van der Waals surface area (Å²) in [6.07, 6.45) is 5.95. The highest BCUT2D eigenvalue weighted by Gasteiger charge is 2.22. The van der Waals surface area contributed by atoms with Crippen LogP contribution in [0.5, 0.6) is 28.7 Å². The second kappa shape index (κ2) is 23.6. The molecule has 1 atom stereocenters. The Morgan fingerprint density at radius 1 is 0.891 bits per heavy atom. The van der Waals surface area contributed by atoms with Crippen molar-refractivity contribution in [3.63, 3.8) is 0 Å². The van der Waals surface area contributed by atoms with Crippen molar-refractivity contribution in [1.82, 2.24) is 29.2 Å². The van der Waals surface area contributed by atoms with E-state index in [4.69, 9.17) is 17.0 Å². The Morgan fingerprint density at radius 2 is 1.53 bits per heavy atom.